The first-order chi connectivity index (χ1) is 18.7. The summed E-state index contributed by atoms with van der Waals surface area (Å²) in [6.45, 7) is 8.63. The minimum atomic E-state index is -0.201. The van der Waals surface area contributed by atoms with E-state index in [9.17, 15) is 9.90 Å². The van der Waals surface area contributed by atoms with Gasteiger partial charge in [-0.25, -0.2) is 4.98 Å². The van der Waals surface area contributed by atoms with Gasteiger partial charge in [-0.15, -0.1) is 0 Å². The van der Waals surface area contributed by atoms with E-state index in [4.69, 9.17) is 4.98 Å². The number of nitrogens with one attached hydrogen (secondary N) is 2. The lowest BCUT2D eigenvalue weighted by atomic mass is 9.97. The fraction of sp³-hybridized carbons (Fsp3) is 0.433. The lowest BCUT2D eigenvalue weighted by Gasteiger charge is -2.46. The topological polar surface area (TPSA) is 104 Å². The average molecular weight is 528 g/mol. The molecule has 3 N–H and O–H groups in total. The van der Waals surface area contributed by atoms with Gasteiger partial charge in [0.2, 0.25) is 5.91 Å². The maximum Gasteiger partial charge on any atom is 0.240 e. The third-order valence-corrected chi connectivity index (χ3v) is 8.41. The molecule has 39 heavy (non-hydrogen) atoms. The van der Waals surface area contributed by atoms with Crippen molar-refractivity contribution in [3.63, 3.8) is 0 Å². The van der Waals surface area contributed by atoms with Crippen LogP contribution < -0.4 is 0 Å². The van der Waals surface area contributed by atoms with Crippen LogP contribution in [0, 0.1) is 0 Å². The second kappa shape index (κ2) is 9.81. The number of nitrogens with zero attached hydrogens (tertiary/aromatic N) is 5. The number of benzene rings is 2. The Morgan fingerprint density at radius 2 is 1.97 bits per heavy atom. The maximum atomic E-state index is 13.5. The van der Waals surface area contributed by atoms with Gasteiger partial charge in [0.15, 0.2) is 5.82 Å². The van der Waals surface area contributed by atoms with Gasteiger partial charge in [0.25, 0.3) is 0 Å². The number of imidazole rings is 1. The van der Waals surface area contributed by atoms with Gasteiger partial charge < -0.3 is 19.9 Å². The SMILES string of the molecule is CCc1cc(O)ccc1-c1ccc2c(-c3nc4c([nH]3)CN(C(C)C)C(C(=O)N3CC(N(C)C)C3)C4)n[nH]c2c1. The number of likely N-dealkylation sites (N-methyl/N-ethyl adjacent to an activating group) is 1. The van der Waals surface area contributed by atoms with E-state index in [0.717, 1.165) is 70.0 Å². The number of aromatic hydroxyl groups is 1. The van der Waals surface area contributed by atoms with E-state index < -0.39 is 0 Å². The number of phenols is 1. The number of phenolic OH excluding ortho intramolecular Hbond substituents is 1. The smallest absolute Gasteiger partial charge is 0.240 e. The van der Waals surface area contributed by atoms with Crippen LogP contribution in [0.2, 0.25) is 0 Å². The van der Waals surface area contributed by atoms with Crippen LogP contribution in [0.3, 0.4) is 0 Å². The molecular weight excluding hydrogens is 490 g/mol. The number of amides is 1. The molecule has 1 fully saturated rings. The number of aromatic nitrogens is 4. The summed E-state index contributed by atoms with van der Waals surface area (Å²) in [4.78, 5) is 28.4. The van der Waals surface area contributed by atoms with Crippen molar-refractivity contribution < 1.29 is 9.90 Å². The standard InChI is InChI=1S/C30H37N7O2/c1-6-18-11-21(38)8-10-22(18)19-7-9-23-24(12-19)33-34-28(23)29-31-25-13-27(37(17(2)3)16-26(25)32-29)30(39)36-14-20(15-36)35(4)5/h7-12,17,20,27,38H,6,13-16H2,1-5H3,(H,31,32)(H,33,34). The molecule has 2 aromatic heterocycles. The van der Waals surface area contributed by atoms with Crippen LogP contribution >= 0.6 is 0 Å². The molecular formula is C30H37N7O2. The number of aryl methyl sites for hydroxylation is 1. The molecule has 6 rings (SSSR count). The fourth-order valence-electron chi connectivity index (χ4n) is 5.92. The molecule has 2 aliphatic rings. The third kappa shape index (κ3) is 4.49. The zero-order chi connectivity index (χ0) is 27.4. The molecule has 1 unspecified atom stereocenters. The Bertz CT molecular complexity index is 1530. The van der Waals surface area contributed by atoms with Gasteiger partial charge in [-0.05, 0) is 75.3 Å². The molecule has 9 nitrogen and oxygen atoms in total. The van der Waals surface area contributed by atoms with Crippen LogP contribution in [0.5, 0.6) is 5.75 Å². The summed E-state index contributed by atoms with van der Waals surface area (Å²) < 4.78 is 0. The zero-order valence-corrected chi connectivity index (χ0v) is 23.3. The van der Waals surface area contributed by atoms with Crippen molar-refractivity contribution in [1.29, 1.82) is 0 Å². The van der Waals surface area contributed by atoms with Crippen LogP contribution in [-0.2, 0) is 24.2 Å². The highest BCUT2D eigenvalue weighted by Crippen LogP contribution is 2.34. The number of hydrogen-bond acceptors (Lipinski definition) is 6. The van der Waals surface area contributed by atoms with Crippen molar-refractivity contribution in [3.05, 3.63) is 53.3 Å². The van der Waals surface area contributed by atoms with Crippen LogP contribution in [-0.4, -0.2) is 91.2 Å². The largest absolute Gasteiger partial charge is 0.508 e. The number of H-pyrrole nitrogens is 2. The monoisotopic (exact) mass is 527 g/mol. The molecule has 1 atom stereocenters. The van der Waals surface area contributed by atoms with Gasteiger partial charge in [-0.3, -0.25) is 14.8 Å². The Kier molecular flexibility index (Phi) is 6.43. The van der Waals surface area contributed by atoms with Gasteiger partial charge in [-0.2, -0.15) is 5.10 Å². The molecule has 204 valence electrons. The summed E-state index contributed by atoms with van der Waals surface area (Å²) >= 11 is 0. The van der Waals surface area contributed by atoms with E-state index in [1.54, 1.807) is 6.07 Å². The van der Waals surface area contributed by atoms with Crippen molar-refractivity contribution in [3.8, 4) is 28.4 Å². The number of likely N-dealkylation sites (tertiary alicyclic amines) is 1. The second-order valence-corrected chi connectivity index (χ2v) is 11.4. The van der Waals surface area contributed by atoms with E-state index in [-0.39, 0.29) is 23.7 Å². The van der Waals surface area contributed by atoms with E-state index in [2.05, 4.69) is 78.0 Å². The predicted octanol–water partition coefficient (Wildman–Crippen LogP) is 3.80. The molecule has 0 saturated carbocycles. The Morgan fingerprint density at radius 3 is 2.69 bits per heavy atom. The first-order valence-corrected chi connectivity index (χ1v) is 13.8. The van der Waals surface area contributed by atoms with Crippen molar-refractivity contribution in [2.24, 2.45) is 0 Å². The van der Waals surface area contributed by atoms with Gasteiger partial charge >= 0.3 is 0 Å². The number of fused-ring (bicyclic) bond motifs is 2. The van der Waals surface area contributed by atoms with E-state index in [0.29, 0.717) is 19.0 Å². The minimum Gasteiger partial charge on any atom is -0.508 e. The van der Waals surface area contributed by atoms with Crippen LogP contribution in [0.4, 0.5) is 0 Å². The molecule has 9 heteroatoms. The van der Waals surface area contributed by atoms with E-state index in [1.165, 1.54) is 0 Å². The van der Waals surface area contributed by atoms with Crippen LogP contribution in [0.1, 0.15) is 37.7 Å². The Balaban J connectivity index is 1.28. The van der Waals surface area contributed by atoms with Crippen molar-refractivity contribution in [2.45, 2.75) is 58.3 Å². The molecule has 2 aromatic carbocycles. The van der Waals surface area contributed by atoms with Gasteiger partial charge in [0, 0.05) is 43.5 Å². The normalized spacial score (nSPS) is 18.2. The lowest BCUT2D eigenvalue weighted by Crippen LogP contribution is -2.64. The quantitative estimate of drug-likeness (QED) is 0.352. The van der Waals surface area contributed by atoms with Crippen molar-refractivity contribution in [1.82, 2.24) is 34.9 Å². The number of carbonyl (C=O) groups is 1. The predicted molar refractivity (Wildman–Crippen MR) is 152 cm³/mol. The van der Waals surface area contributed by atoms with Gasteiger partial charge in [-0.1, -0.05) is 19.1 Å². The Morgan fingerprint density at radius 1 is 1.18 bits per heavy atom. The Labute approximate surface area is 228 Å². The average Bonchev–Trinajstić information content (AvgIpc) is 3.49. The molecule has 4 heterocycles. The summed E-state index contributed by atoms with van der Waals surface area (Å²) in [6, 6.07) is 12.3. The molecule has 0 aliphatic carbocycles. The summed E-state index contributed by atoms with van der Waals surface area (Å²) in [5, 5.41) is 18.7. The fourth-order valence-corrected chi connectivity index (χ4v) is 5.92. The number of aromatic amines is 2. The third-order valence-electron chi connectivity index (χ3n) is 8.41. The number of carbonyl (C=O) groups excluding carboxylic acids is 1. The highest BCUT2D eigenvalue weighted by molar-refractivity contribution is 5.94. The summed E-state index contributed by atoms with van der Waals surface area (Å²) in [5.74, 6) is 1.21. The van der Waals surface area contributed by atoms with E-state index >= 15 is 0 Å². The van der Waals surface area contributed by atoms with Gasteiger partial charge in [0.05, 0.1) is 22.9 Å². The maximum absolute atomic E-state index is 13.5. The Hall–Kier alpha value is -3.69. The summed E-state index contributed by atoms with van der Waals surface area (Å²) in [6.07, 6.45) is 1.43. The van der Waals surface area contributed by atoms with Crippen LogP contribution in [0.25, 0.3) is 33.5 Å². The van der Waals surface area contributed by atoms with Crippen molar-refractivity contribution >= 4 is 16.8 Å². The first kappa shape index (κ1) is 25.6. The molecule has 4 aromatic rings. The van der Waals surface area contributed by atoms with Crippen molar-refractivity contribution in [2.75, 3.05) is 27.2 Å². The first-order valence-electron chi connectivity index (χ1n) is 13.8. The molecule has 0 bridgehead atoms. The summed E-state index contributed by atoms with van der Waals surface area (Å²) in [7, 11) is 4.14. The van der Waals surface area contributed by atoms with Crippen LogP contribution in [0.15, 0.2) is 36.4 Å². The zero-order valence-electron chi connectivity index (χ0n) is 23.3. The molecule has 2 aliphatic heterocycles. The molecule has 0 spiro atoms. The molecule has 1 saturated heterocycles. The van der Waals surface area contributed by atoms with Gasteiger partial charge in [0.1, 0.15) is 11.4 Å². The van der Waals surface area contributed by atoms with E-state index in [1.807, 2.05) is 17.0 Å². The molecule has 1 amide bonds. The lowest BCUT2D eigenvalue weighted by molar-refractivity contribution is -0.145. The highest BCUT2D eigenvalue weighted by atomic mass is 16.3. The number of hydrogen-bond donors (Lipinski definition) is 3. The summed E-state index contributed by atoms with van der Waals surface area (Å²) in [5.41, 5.74) is 6.99. The number of rotatable bonds is 6. The molecule has 0 radical (unpaired) electrons. The highest BCUT2D eigenvalue weighted by Gasteiger charge is 2.41. The minimum absolute atomic E-state index is 0.201. The second-order valence-electron chi connectivity index (χ2n) is 11.4.